The van der Waals surface area contributed by atoms with Crippen LogP contribution in [0.1, 0.15) is 21.8 Å². The van der Waals surface area contributed by atoms with E-state index in [0.717, 1.165) is 15.8 Å². The van der Waals surface area contributed by atoms with E-state index in [-0.39, 0.29) is 11.7 Å². The molecule has 1 atom stereocenters. The third-order valence-electron chi connectivity index (χ3n) is 3.45. The minimum absolute atomic E-state index is 0.0679. The SMILES string of the molecule is COc1ccc(C(=O)C2COc3ccccc32)cc1Br. The molecule has 0 N–H and O–H groups in total. The molecule has 0 saturated carbocycles. The topological polar surface area (TPSA) is 35.5 Å². The molecule has 0 amide bonds. The number of carbonyl (C=O) groups is 1. The zero-order chi connectivity index (χ0) is 14.1. The molecular weight excluding hydrogens is 320 g/mol. The summed E-state index contributed by atoms with van der Waals surface area (Å²) >= 11 is 3.41. The van der Waals surface area contributed by atoms with Gasteiger partial charge in [0.1, 0.15) is 18.1 Å². The highest BCUT2D eigenvalue weighted by Gasteiger charge is 2.30. The second-order valence-corrected chi connectivity index (χ2v) is 5.47. The van der Waals surface area contributed by atoms with E-state index >= 15 is 0 Å². The van der Waals surface area contributed by atoms with E-state index in [1.807, 2.05) is 24.3 Å². The molecule has 2 aromatic rings. The van der Waals surface area contributed by atoms with Crippen LogP contribution >= 0.6 is 15.9 Å². The molecule has 1 aliphatic rings. The molecule has 0 fully saturated rings. The molecule has 102 valence electrons. The summed E-state index contributed by atoms with van der Waals surface area (Å²) in [6.07, 6.45) is 0. The van der Waals surface area contributed by atoms with Gasteiger partial charge in [0, 0.05) is 11.1 Å². The van der Waals surface area contributed by atoms with Crippen molar-refractivity contribution in [1.82, 2.24) is 0 Å². The van der Waals surface area contributed by atoms with E-state index in [2.05, 4.69) is 15.9 Å². The van der Waals surface area contributed by atoms with Crippen molar-refractivity contribution in [3.05, 3.63) is 58.1 Å². The fourth-order valence-electron chi connectivity index (χ4n) is 2.40. The lowest BCUT2D eigenvalue weighted by molar-refractivity contribution is 0.0947. The van der Waals surface area contributed by atoms with E-state index in [4.69, 9.17) is 9.47 Å². The number of methoxy groups -OCH3 is 1. The number of rotatable bonds is 3. The fraction of sp³-hybridized carbons (Fsp3) is 0.188. The summed E-state index contributed by atoms with van der Waals surface area (Å²) in [6, 6.07) is 13.1. The Bertz CT molecular complexity index is 667. The number of carbonyl (C=O) groups excluding carboxylic acids is 1. The second-order valence-electron chi connectivity index (χ2n) is 4.61. The highest BCUT2D eigenvalue weighted by atomic mass is 79.9. The first-order valence-corrected chi connectivity index (χ1v) is 7.09. The Kier molecular flexibility index (Phi) is 3.49. The number of hydrogen-bond donors (Lipinski definition) is 0. The highest BCUT2D eigenvalue weighted by Crippen LogP contribution is 2.36. The first-order valence-electron chi connectivity index (χ1n) is 6.30. The van der Waals surface area contributed by atoms with Gasteiger partial charge in [0.25, 0.3) is 0 Å². The number of Topliss-reactive ketones (excluding diaryl/α,β-unsaturated/α-hetero) is 1. The molecule has 0 radical (unpaired) electrons. The number of benzene rings is 2. The summed E-state index contributed by atoms with van der Waals surface area (Å²) in [4.78, 5) is 12.6. The van der Waals surface area contributed by atoms with Crippen molar-refractivity contribution in [1.29, 1.82) is 0 Å². The van der Waals surface area contributed by atoms with E-state index in [1.54, 1.807) is 25.3 Å². The molecule has 0 aromatic heterocycles. The maximum atomic E-state index is 12.6. The van der Waals surface area contributed by atoms with E-state index < -0.39 is 0 Å². The molecule has 1 aliphatic heterocycles. The number of para-hydroxylation sites is 1. The van der Waals surface area contributed by atoms with Crippen molar-refractivity contribution in [3.63, 3.8) is 0 Å². The van der Waals surface area contributed by atoms with Gasteiger partial charge in [-0.05, 0) is 40.2 Å². The lowest BCUT2D eigenvalue weighted by Gasteiger charge is -2.10. The molecule has 3 rings (SSSR count). The Morgan fingerprint density at radius 1 is 1.30 bits per heavy atom. The van der Waals surface area contributed by atoms with Crippen LogP contribution in [0.4, 0.5) is 0 Å². The molecule has 0 aliphatic carbocycles. The molecule has 20 heavy (non-hydrogen) atoms. The molecule has 0 spiro atoms. The van der Waals surface area contributed by atoms with Gasteiger partial charge in [-0.15, -0.1) is 0 Å². The van der Waals surface area contributed by atoms with Crippen LogP contribution in [0.5, 0.6) is 11.5 Å². The minimum atomic E-state index is -0.230. The van der Waals surface area contributed by atoms with Gasteiger partial charge in [-0.2, -0.15) is 0 Å². The molecular formula is C16H13BrO3. The van der Waals surface area contributed by atoms with E-state index in [9.17, 15) is 4.79 Å². The quantitative estimate of drug-likeness (QED) is 0.801. The Labute approximate surface area is 125 Å². The number of fused-ring (bicyclic) bond motifs is 1. The average Bonchev–Trinajstić information content (AvgIpc) is 2.90. The van der Waals surface area contributed by atoms with Crippen LogP contribution in [-0.2, 0) is 0 Å². The Balaban J connectivity index is 1.93. The predicted molar refractivity (Wildman–Crippen MR) is 79.7 cm³/mol. The molecule has 0 saturated heterocycles. The van der Waals surface area contributed by atoms with Crippen LogP contribution in [-0.4, -0.2) is 19.5 Å². The molecule has 1 unspecified atom stereocenters. The molecule has 2 aromatic carbocycles. The van der Waals surface area contributed by atoms with Crippen molar-refractivity contribution in [2.75, 3.05) is 13.7 Å². The molecule has 4 heteroatoms. The first kappa shape index (κ1) is 13.2. The lowest BCUT2D eigenvalue weighted by atomic mass is 9.92. The van der Waals surface area contributed by atoms with Crippen LogP contribution < -0.4 is 9.47 Å². The summed E-state index contributed by atoms with van der Waals surface area (Å²) in [5.74, 6) is 1.35. The number of halogens is 1. The van der Waals surface area contributed by atoms with Crippen molar-refractivity contribution in [3.8, 4) is 11.5 Å². The van der Waals surface area contributed by atoms with Crippen LogP contribution in [0.3, 0.4) is 0 Å². The largest absolute Gasteiger partial charge is 0.496 e. The third kappa shape index (κ3) is 2.20. The van der Waals surface area contributed by atoms with Gasteiger partial charge in [-0.1, -0.05) is 18.2 Å². The Hall–Kier alpha value is -1.81. The van der Waals surface area contributed by atoms with Crippen LogP contribution in [0.2, 0.25) is 0 Å². The van der Waals surface area contributed by atoms with Gasteiger partial charge in [-0.25, -0.2) is 0 Å². The molecule has 1 heterocycles. The summed E-state index contributed by atoms with van der Waals surface area (Å²) < 4.78 is 11.5. The average molecular weight is 333 g/mol. The number of ether oxygens (including phenoxy) is 2. The van der Waals surface area contributed by atoms with Crippen LogP contribution in [0.25, 0.3) is 0 Å². The first-order chi connectivity index (χ1) is 9.70. The van der Waals surface area contributed by atoms with Crippen molar-refractivity contribution < 1.29 is 14.3 Å². The maximum Gasteiger partial charge on any atom is 0.173 e. The van der Waals surface area contributed by atoms with Crippen molar-refractivity contribution in [2.45, 2.75) is 5.92 Å². The predicted octanol–water partition coefficient (Wildman–Crippen LogP) is 3.82. The van der Waals surface area contributed by atoms with E-state index in [1.165, 1.54) is 0 Å². The second kappa shape index (κ2) is 5.29. The summed E-state index contributed by atoms with van der Waals surface area (Å²) in [6.45, 7) is 0.405. The zero-order valence-corrected chi connectivity index (χ0v) is 12.5. The van der Waals surface area contributed by atoms with Crippen LogP contribution in [0.15, 0.2) is 46.9 Å². The third-order valence-corrected chi connectivity index (χ3v) is 4.07. The smallest absolute Gasteiger partial charge is 0.173 e. The van der Waals surface area contributed by atoms with Gasteiger partial charge in [0.05, 0.1) is 17.5 Å². The highest BCUT2D eigenvalue weighted by molar-refractivity contribution is 9.10. The van der Waals surface area contributed by atoms with Gasteiger partial charge >= 0.3 is 0 Å². The maximum absolute atomic E-state index is 12.6. The van der Waals surface area contributed by atoms with E-state index in [0.29, 0.717) is 17.9 Å². The Morgan fingerprint density at radius 3 is 2.85 bits per heavy atom. The van der Waals surface area contributed by atoms with Crippen LogP contribution in [0, 0.1) is 0 Å². The standard InChI is InChI=1S/C16H13BrO3/c1-19-15-7-6-10(8-13(15)17)16(18)12-9-20-14-5-3-2-4-11(12)14/h2-8,12H,9H2,1H3. The zero-order valence-electron chi connectivity index (χ0n) is 10.9. The van der Waals surface area contributed by atoms with Gasteiger partial charge in [0.15, 0.2) is 5.78 Å². The van der Waals surface area contributed by atoms with Gasteiger partial charge in [0.2, 0.25) is 0 Å². The minimum Gasteiger partial charge on any atom is -0.496 e. The van der Waals surface area contributed by atoms with Crippen molar-refractivity contribution in [2.24, 2.45) is 0 Å². The lowest BCUT2D eigenvalue weighted by Crippen LogP contribution is -2.14. The Morgan fingerprint density at radius 2 is 2.10 bits per heavy atom. The van der Waals surface area contributed by atoms with Crippen molar-refractivity contribution >= 4 is 21.7 Å². The van der Waals surface area contributed by atoms with Gasteiger partial charge < -0.3 is 9.47 Å². The normalized spacial score (nSPS) is 16.4. The van der Waals surface area contributed by atoms with Gasteiger partial charge in [-0.3, -0.25) is 4.79 Å². The monoisotopic (exact) mass is 332 g/mol. The summed E-state index contributed by atoms with van der Waals surface area (Å²) in [5.41, 5.74) is 1.62. The number of hydrogen-bond acceptors (Lipinski definition) is 3. The molecule has 3 nitrogen and oxygen atoms in total. The molecule has 0 bridgehead atoms. The summed E-state index contributed by atoms with van der Waals surface area (Å²) in [5, 5.41) is 0. The summed E-state index contributed by atoms with van der Waals surface area (Å²) in [7, 11) is 1.60. The number of ketones is 1. The fourth-order valence-corrected chi connectivity index (χ4v) is 2.94.